The van der Waals surface area contributed by atoms with Crippen molar-refractivity contribution < 1.29 is 28.5 Å². The number of esters is 1. The summed E-state index contributed by atoms with van der Waals surface area (Å²) >= 11 is 1.31. The van der Waals surface area contributed by atoms with Crippen molar-refractivity contribution in [1.82, 2.24) is 10.3 Å². The first kappa shape index (κ1) is 22.1. The van der Waals surface area contributed by atoms with Gasteiger partial charge < -0.3 is 24.3 Å². The van der Waals surface area contributed by atoms with Gasteiger partial charge in [0.2, 0.25) is 0 Å². The highest BCUT2D eigenvalue weighted by atomic mass is 32.2. The van der Waals surface area contributed by atoms with E-state index in [1.807, 2.05) is 42.5 Å². The van der Waals surface area contributed by atoms with Gasteiger partial charge in [0.25, 0.3) is 5.91 Å². The zero-order valence-corrected chi connectivity index (χ0v) is 19.0. The molecule has 3 heterocycles. The van der Waals surface area contributed by atoms with Crippen molar-refractivity contribution in [1.29, 1.82) is 0 Å². The molecule has 1 amide bonds. The van der Waals surface area contributed by atoms with E-state index in [9.17, 15) is 9.59 Å². The number of fused-ring (bicyclic) bond motifs is 2. The number of carbonyl (C=O) groups is 2. The Labute approximate surface area is 200 Å². The second kappa shape index (κ2) is 10.0. The van der Waals surface area contributed by atoms with E-state index in [1.165, 1.54) is 11.8 Å². The Morgan fingerprint density at radius 1 is 0.971 bits per heavy atom. The molecule has 0 saturated carbocycles. The Balaban J connectivity index is 1.22. The number of aromatic nitrogens is 1. The minimum absolute atomic E-state index is 0.184. The maximum absolute atomic E-state index is 12.8. The van der Waals surface area contributed by atoms with Crippen molar-refractivity contribution in [3.8, 4) is 17.2 Å². The molecule has 174 valence electrons. The second-order valence-corrected chi connectivity index (χ2v) is 8.70. The molecule has 0 fully saturated rings. The standard InChI is InChI=1S/C25H22N2O6S/c28-23(27-19-9-11-30-20-6-2-1-4-17(19)20)15-33-25(29)18-5-3-10-26-24(18)34-16-7-8-21-22(14-16)32-13-12-31-21/h1-8,10,14,19H,9,11-13,15H2,(H,27,28). The molecule has 2 aliphatic heterocycles. The molecule has 0 spiro atoms. The molecule has 9 heteroatoms. The van der Waals surface area contributed by atoms with Crippen LogP contribution in [0.25, 0.3) is 0 Å². The first-order valence-electron chi connectivity index (χ1n) is 10.9. The lowest BCUT2D eigenvalue weighted by Crippen LogP contribution is -2.35. The van der Waals surface area contributed by atoms with Crippen LogP contribution < -0.4 is 19.5 Å². The molecule has 2 aromatic carbocycles. The third kappa shape index (κ3) is 4.94. The van der Waals surface area contributed by atoms with Gasteiger partial charge in [0.05, 0.1) is 18.2 Å². The predicted octanol–water partition coefficient (Wildman–Crippen LogP) is 3.80. The van der Waals surface area contributed by atoms with Crippen LogP contribution in [0.5, 0.6) is 17.2 Å². The summed E-state index contributed by atoms with van der Waals surface area (Å²) in [6.07, 6.45) is 2.25. The number of amides is 1. The number of hydrogen-bond donors (Lipinski definition) is 1. The molecular formula is C25H22N2O6S. The highest BCUT2D eigenvalue weighted by Crippen LogP contribution is 2.37. The highest BCUT2D eigenvalue weighted by molar-refractivity contribution is 7.99. The van der Waals surface area contributed by atoms with Gasteiger partial charge >= 0.3 is 5.97 Å². The third-order valence-electron chi connectivity index (χ3n) is 5.35. The van der Waals surface area contributed by atoms with E-state index in [1.54, 1.807) is 18.3 Å². The topological polar surface area (TPSA) is 96.0 Å². The summed E-state index contributed by atoms with van der Waals surface area (Å²) in [4.78, 5) is 30.4. The number of ether oxygens (including phenoxy) is 4. The van der Waals surface area contributed by atoms with Crippen LogP contribution >= 0.6 is 11.8 Å². The monoisotopic (exact) mass is 478 g/mol. The summed E-state index contributed by atoms with van der Waals surface area (Å²) in [7, 11) is 0. The van der Waals surface area contributed by atoms with Gasteiger partial charge in [-0.25, -0.2) is 9.78 Å². The van der Waals surface area contributed by atoms with Gasteiger partial charge in [-0.3, -0.25) is 4.79 Å². The van der Waals surface area contributed by atoms with Crippen LogP contribution in [0.4, 0.5) is 0 Å². The first-order valence-corrected chi connectivity index (χ1v) is 11.7. The fourth-order valence-electron chi connectivity index (χ4n) is 3.76. The van der Waals surface area contributed by atoms with Crippen molar-refractivity contribution in [2.45, 2.75) is 22.4 Å². The zero-order chi connectivity index (χ0) is 23.3. The largest absolute Gasteiger partial charge is 0.493 e. The van der Waals surface area contributed by atoms with Gasteiger partial charge in [-0.1, -0.05) is 30.0 Å². The Morgan fingerprint density at radius 2 is 1.79 bits per heavy atom. The van der Waals surface area contributed by atoms with Gasteiger partial charge in [0.15, 0.2) is 18.1 Å². The molecule has 0 radical (unpaired) electrons. The molecule has 1 aromatic heterocycles. The van der Waals surface area contributed by atoms with Crippen LogP contribution in [0.3, 0.4) is 0 Å². The number of benzene rings is 2. The molecule has 3 aromatic rings. The molecule has 2 aliphatic rings. The number of nitrogens with one attached hydrogen (secondary N) is 1. The van der Waals surface area contributed by atoms with Crippen molar-refractivity contribution in [3.05, 3.63) is 71.9 Å². The lowest BCUT2D eigenvalue weighted by atomic mass is 10.0. The minimum Gasteiger partial charge on any atom is -0.493 e. The lowest BCUT2D eigenvalue weighted by Gasteiger charge is -2.26. The van der Waals surface area contributed by atoms with Crippen LogP contribution in [-0.2, 0) is 9.53 Å². The van der Waals surface area contributed by atoms with Gasteiger partial charge in [-0.15, -0.1) is 0 Å². The Kier molecular flexibility index (Phi) is 6.53. The number of carbonyl (C=O) groups excluding carboxylic acids is 2. The summed E-state index contributed by atoms with van der Waals surface area (Å²) in [6, 6.07) is 16.2. The molecule has 0 aliphatic carbocycles. The summed E-state index contributed by atoms with van der Waals surface area (Å²) in [5.41, 5.74) is 1.20. The van der Waals surface area contributed by atoms with Crippen molar-refractivity contribution >= 4 is 23.6 Å². The fourth-order valence-corrected chi connectivity index (χ4v) is 4.66. The van der Waals surface area contributed by atoms with E-state index < -0.39 is 5.97 Å². The molecule has 0 saturated heterocycles. The quantitative estimate of drug-likeness (QED) is 0.535. The van der Waals surface area contributed by atoms with Gasteiger partial charge in [0.1, 0.15) is 24.0 Å². The smallest absolute Gasteiger partial charge is 0.341 e. The third-order valence-corrected chi connectivity index (χ3v) is 6.36. The fraction of sp³-hybridized carbons (Fsp3) is 0.240. The van der Waals surface area contributed by atoms with E-state index >= 15 is 0 Å². The van der Waals surface area contributed by atoms with Crippen LogP contribution in [-0.4, -0.2) is 43.3 Å². The van der Waals surface area contributed by atoms with E-state index in [4.69, 9.17) is 18.9 Å². The van der Waals surface area contributed by atoms with Crippen molar-refractivity contribution in [2.75, 3.05) is 26.4 Å². The van der Waals surface area contributed by atoms with E-state index in [0.29, 0.717) is 42.8 Å². The molecule has 5 rings (SSSR count). The average Bonchev–Trinajstić information content (AvgIpc) is 2.88. The Morgan fingerprint density at radius 3 is 2.71 bits per heavy atom. The van der Waals surface area contributed by atoms with Crippen LogP contribution in [0, 0.1) is 0 Å². The van der Waals surface area contributed by atoms with E-state index in [2.05, 4.69) is 10.3 Å². The summed E-state index contributed by atoms with van der Waals surface area (Å²) in [6.45, 7) is 1.13. The predicted molar refractivity (Wildman–Crippen MR) is 124 cm³/mol. The normalized spacial score (nSPS) is 16.1. The molecule has 1 unspecified atom stereocenters. The molecule has 0 bridgehead atoms. The summed E-state index contributed by atoms with van der Waals surface area (Å²) < 4.78 is 22.1. The minimum atomic E-state index is -0.615. The van der Waals surface area contributed by atoms with Crippen LogP contribution in [0.2, 0.25) is 0 Å². The number of hydrogen-bond acceptors (Lipinski definition) is 8. The molecule has 8 nitrogen and oxygen atoms in total. The molecule has 34 heavy (non-hydrogen) atoms. The van der Waals surface area contributed by atoms with Crippen LogP contribution in [0.1, 0.15) is 28.4 Å². The highest BCUT2D eigenvalue weighted by Gasteiger charge is 2.24. The van der Waals surface area contributed by atoms with Gasteiger partial charge in [-0.2, -0.15) is 0 Å². The van der Waals surface area contributed by atoms with E-state index in [-0.39, 0.29) is 24.1 Å². The number of nitrogens with zero attached hydrogens (tertiary/aromatic N) is 1. The zero-order valence-electron chi connectivity index (χ0n) is 18.2. The molecule has 1 atom stereocenters. The maximum Gasteiger partial charge on any atom is 0.341 e. The molecular weight excluding hydrogens is 456 g/mol. The number of para-hydroxylation sites is 1. The van der Waals surface area contributed by atoms with Crippen molar-refractivity contribution in [2.24, 2.45) is 0 Å². The lowest BCUT2D eigenvalue weighted by molar-refractivity contribution is -0.125. The van der Waals surface area contributed by atoms with Crippen LogP contribution in [0.15, 0.2) is 70.7 Å². The van der Waals surface area contributed by atoms with E-state index in [0.717, 1.165) is 16.2 Å². The average molecular weight is 479 g/mol. The Bertz CT molecular complexity index is 1220. The SMILES string of the molecule is O=C(COC(=O)c1cccnc1Sc1ccc2c(c1)OCCO2)NC1CCOc2ccccc21. The first-order chi connectivity index (χ1) is 16.7. The molecule has 1 N–H and O–H groups in total. The Hall–Kier alpha value is -3.72. The van der Waals surface area contributed by atoms with Crippen molar-refractivity contribution in [3.63, 3.8) is 0 Å². The summed E-state index contributed by atoms with van der Waals surface area (Å²) in [5, 5.41) is 3.40. The maximum atomic E-state index is 12.8. The second-order valence-electron chi connectivity index (χ2n) is 7.63. The number of rotatable bonds is 6. The van der Waals surface area contributed by atoms with Gasteiger partial charge in [0, 0.05) is 23.1 Å². The number of pyridine rings is 1. The van der Waals surface area contributed by atoms with Gasteiger partial charge in [-0.05, 0) is 36.4 Å². The summed E-state index contributed by atoms with van der Waals surface area (Å²) in [5.74, 6) is 1.11.